The molecule has 0 amide bonds. The van der Waals surface area contributed by atoms with Gasteiger partial charge >= 0.3 is 0 Å². The molecule has 2 aromatic carbocycles. The third-order valence-electron chi connectivity index (χ3n) is 6.68. The zero-order valence-corrected chi connectivity index (χ0v) is 17.8. The fourth-order valence-corrected chi connectivity index (χ4v) is 5.04. The van der Waals surface area contributed by atoms with E-state index in [4.69, 9.17) is 0 Å². The fourth-order valence-electron chi connectivity index (χ4n) is 5.04. The summed E-state index contributed by atoms with van der Waals surface area (Å²) in [5.74, 6) is 0.571. The molecule has 1 saturated heterocycles. The predicted octanol–water partition coefficient (Wildman–Crippen LogP) is 4.23. The van der Waals surface area contributed by atoms with E-state index in [0.717, 1.165) is 44.8 Å². The Balaban J connectivity index is 1.44. The summed E-state index contributed by atoms with van der Waals surface area (Å²) in [6.07, 6.45) is 5.84. The molecule has 1 aliphatic heterocycles. The standard InChI is InChI=1S/C24H29FN6/c25-22-14-8-7-13-21(22)23(24-26-27-28-31(24)20-11-5-2-6-12-20)30-17-15-29(16-18-30)19-9-3-1-4-10-19/h1,3-4,7-10,13-14,20,23H,2,5-6,11-12,15-18H2/t23-/m0/s1. The van der Waals surface area contributed by atoms with E-state index in [1.54, 1.807) is 6.07 Å². The van der Waals surface area contributed by atoms with Crippen LogP contribution < -0.4 is 4.90 Å². The average molecular weight is 421 g/mol. The molecule has 0 N–H and O–H groups in total. The SMILES string of the molecule is Fc1ccccc1[C@@H](c1nnnn1C1CCCCC1)N1CCN(c2ccccc2)CC1. The number of anilines is 1. The van der Waals surface area contributed by atoms with Crippen LogP contribution in [-0.4, -0.2) is 51.3 Å². The van der Waals surface area contributed by atoms with Gasteiger partial charge in [-0.15, -0.1) is 5.10 Å². The molecule has 0 radical (unpaired) electrons. The summed E-state index contributed by atoms with van der Waals surface area (Å²) in [4.78, 5) is 4.72. The van der Waals surface area contributed by atoms with Crippen molar-refractivity contribution in [3.8, 4) is 0 Å². The normalized spacial score (nSPS) is 19.5. The summed E-state index contributed by atoms with van der Waals surface area (Å²) in [5, 5.41) is 12.8. The van der Waals surface area contributed by atoms with Crippen molar-refractivity contribution >= 4 is 5.69 Å². The van der Waals surface area contributed by atoms with Crippen molar-refractivity contribution in [3.63, 3.8) is 0 Å². The van der Waals surface area contributed by atoms with Crippen molar-refractivity contribution in [2.24, 2.45) is 0 Å². The van der Waals surface area contributed by atoms with E-state index >= 15 is 0 Å². The van der Waals surface area contributed by atoms with Crippen molar-refractivity contribution < 1.29 is 4.39 Å². The Bertz CT molecular complexity index is 976. The number of hydrogen-bond donors (Lipinski definition) is 0. The first kappa shape index (κ1) is 20.1. The molecule has 1 atom stereocenters. The van der Waals surface area contributed by atoms with Gasteiger partial charge in [0.15, 0.2) is 5.82 Å². The molecular formula is C24H29FN6. The van der Waals surface area contributed by atoms with Crippen molar-refractivity contribution in [2.45, 2.75) is 44.2 Å². The zero-order chi connectivity index (χ0) is 21.0. The van der Waals surface area contributed by atoms with E-state index in [0.29, 0.717) is 11.6 Å². The third kappa shape index (κ3) is 4.19. The first-order chi connectivity index (χ1) is 15.3. The van der Waals surface area contributed by atoms with Gasteiger partial charge in [0.25, 0.3) is 0 Å². The van der Waals surface area contributed by atoms with E-state index in [2.05, 4.69) is 49.6 Å². The lowest BCUT2D eigenvalue weighted by Crippen LogP contribution is -2.48. The van der Waals surface area contributed by atoms with Crippen LogP contribution in [0.1, 0.15) is 55.6 Å². The molecule has 2 aliphatic rings. The van der Waals surface area contributed by atoms with Crippen molar-refractivity contribution in [1.82, 2.24) is 25.1 Å². The highest BCUT2D eigenvalue weighted by Gasteiger charge is 2.34. The minimum absolute atomic E-state index is 0.198. The molecule has 0 bridgehead atoms. The maximum atomic E-state index is 15.0. The highest BCUT2D eigenvalue weighted by molar-refractivity contribution is 5.46. The lowest BCUT2D eigenvalue weighted by atomic mass is 9.95. The molecule has 1 aliphatic carbocycles. The zero-order valence-electron chi connectivity index (χ0n) is 17.8. The van der Waals surface area contributed by atoms with Crippen LogP contribution in [0, 0.1) is 5.82 Å². The van der Waals surface area contributed by atoms with Crippen LogP contribution >= 0.6 is 0 Å². The molecule has 162 valence electrons. The third-order valence-corrected chi connectivity index (χ3v) is 6.68. The van der Waals surface area contributed by atoms with Crippen molar-refractivity contribution in [1.29, 1.82) is 0 Å². The predicted molar refractivity (Wildman–Crippen MR) is 118 cm³/mol. The summed E-state index contributed by atoms with van der Waals surface area (Å²) < 4.78 is 17.0. The van der Waals surface area contributed by atoms with E-state index in [1.807, 2.05) is 22.9 Å². The Kier molecular flexibility index (Phi) is 5.93. The topological polar surface area (TPSA) is 50.1 Å². The van der Waals surface area contributed by atoms with Crippen LogP contribution in [0.4, 0.5) is 10.1 Å². The Hall–Kier alpha value is -2.80. The second-order valence-electron chi connectivity index (χ2n) is 8.56. The number of aromatic nitrogens is 4. The molecule has 1 saturated carbocycles. The second-order valence-corrected chi connectivity index (χ2v) is 8.56. The molecule has 6 nitrogen and oxygen atoms in total. The van der Waals surface area contributed by atoms with Crippen LogP contribution in [0.25, 0.3) is 0 Å². The van der Waals surface area contributed by atoms with Gasteiger partial charge in [-0.2, -0.15) is 0 Å². The molecular weight excluding hydrogens is 391 g/mol. The van der Waals surface area contributed by atoms with Crippen LogP contribution in [-0.2, 0) is 0 Å². The van der Waals surface area contributed by atoms with Gasteiger partial charge in [-0.25, -0.2) is 9.07 Å². The number of halogens is 1. The Morgan fingerprint density at radius 3 is 2.29 bits per heavy atom. The molecule has 7 heteroatoms. The highest BCUT2D eigenvalue weighted by atomic mass is 19.1. The molecule has 1 aromatic heterocycles. The first-order valence-corrected chi connectivity index (χ1v) is 11.4. The van der Waals surface area contributed by atoms with Gasteiger partial charge in [0.05, 0.1) is 6.04 Å². The lowest BCUT2D eigenvalue weighted by Gasteiger charge is -2.40. The van der Waals surface area contributed by atoms with Crippen molar-refractivity contribution in [2.75, 3.05) is 31.1 Å². The molecule has 2 heterocycles. The van der Waals surface area contributed by atoms with Gasteiger partial charge in [0, 0.05) is 37.4 Å². The average Bonchev–Trinajstić information content (AvgIpc) is 3.32. The van der Waals surface area contributed by atoms with Crippen LogP contribution in [0.3, 0.4) is 0 Å². The maximum Gasteiger partial charge on any atom is 0.173 e. The van der Waals surface area contributed by atoms with Gasteiger partial charge in [-0.3, -0.25) is 4.90 Å². The van der Waals surface area contributed by atoms with Gasteiger partial charge in [0.1, 0.15) is 11.9 Å². The Labute approximate surface area is 182 Å². The van der Waals surface area contributed by atoms with Gasteiger partial charge in [0.2, 0.25) is 0 Å². The number of benzene rings is 2. The van der Waals surface area contributed by atoms with Gasteiger partial charge in [-0.05, 0) is 41.5 Å². The van der Waals surface area contributed by atoms with Gasteiger partial charge < -0.3 is 4.90 Å². The summed E-state index contributed by atoms with van der Waals surface area (Å²) in [6.45, 7) is 3.43. The van der Waals surface area contributed by atoms with E-state index in [-0.39, 0.29) is 11.9 Å². The highest BCUT2D eigenvalue weighted by Crippen LogP contribution is 2.34. The maximum absolute atomic E-state index is 15.0. The first-order valence-electron chi connectivity index (χ1n) is 11.4. The second kappa shape index (κ2) is 9.14. The van der Waals surface area contributed by atoms with Gasteiger partial charge in [-0.1, -0.05) is 55.7 Å². The summed E-state index contributed by atoms with van der Waals surface area (Å²) in [6, 6.07) is 17.6. The quantitative estimate of drug-likeness (QED) is 0.618. The summed E-state index contributed by atoms with van der Waals surface area (Å²) in [7, 11) is 0. The number of para-hydroxylation sites is 1. The van der Waals surface area contributed by atoms with E-state index < -0.39 is 0 Å². The number of piperazine rings is 1. The molecule has 0 unspecified atom stereocenters. The Morgan fingerprint density at radius 1 is 0.839 bits per heavy atom. The molecule has 0 spiro atoms. The van der Waals surface area contributed by atoms with Crippen LogP contribution in [0.15, 0.2) is 54.6 Å². The molecule has 5 rings (SSSR count). The molecule has 2 fully saturated rings. The van der Waals surface area contributed by atoms with E-state index in [1.165, 1.54) is 31.0 Å². The number of nitrogens with zero attached hydrogens (tertiary/aromatic N) is 6. The fraction of sp³-hybridized carbons (Fsp3) is 0.458. The molecule has 3 aromatic rings. The molecule has 31 heavy (non-hydrogen) atoms. The number of rotatable bonds is 5. The minimum Gasteiger partial charge on any atom is -0.369 e. The number of hydrogen-bond acceptors (Lipinski definition) is 5. The van der Waals surface area contributed by atoms with Crippen LogP contribution in [0.2, 0.25) is 0 Å². The van der Waals surface area contributed by atoms with Crippen LogP contribution in [0.5, 0.6) is 0 Å². The number of tetrazole rings is 1. The Morgan fingerprint density at radius 2 is 1.55 bits per heavy atom. The van der Waals surface area contributed by atoms with Crippen molar-refractivity contribution in [3.05, 3.63) is 71.8 Å². The minimum atomic E-state index is -0.281. The van der Waals surface area contributed by atoms with E-state index in [9.17, 15) is 4.39 Å². The monoisotopic (exact) mass is 420 g/mol. The summed E-state index contributed by atoms with van der Waals surface area (Å²) in [5.41, 5.74) is 1.89. The smallest absolute Gasteiger partial charge is 0.173 e. The largest absolute Gasteiger partial charge is 0.369 e. The summed E-state index contributed by atoms with van der Waals surface area (Å²) >= 11 is 0. The lowest BCUT2D eigenvalue weighted by molar-refractivity contribution is 0.190.